The fraction of sp³-hybridized carbons (Fsp3) is 0.304. The van der Waals surface area contributed by atoms with Gasteiger partial charge in [0.25, 0.3) is 5.91 Å². The summed E-state index contributed by atoms with van der Waals surface area (Å²) < 4.78 is 0. The van der Waals surface area contributed by atoms with Crippen LogP contribution < -0.4 is 10.2 Å². The van der Waals surface area contributed by atoms with E-state index >= 15 is 0 Å². The highest BCUT2D eigenvalue weighted by Crippen LogP contribution is 2.44. The van der Waals surface area contributed by atoms with Crippen LogP contribution in [-0.2, 0) is 4.79 Å². The highest BCUT2D eigenvalue weighted by atomic mass is 35.5. The van der Waals surface area contributed by atoms with Crippen LogP contribution in [0.25, 0.3) is 6.08 Å². The second-order valence-corrected chi connectivity index (χ2v) is 9.41. The molecule has 2 aromatic rings. The summed E-state index contributed by atoms with van der Waals surface area (Å²) in [6.07, 6.45) is 2.50. The van der Waals surface area contributed by atoms with Crippen LogP contribution in [0, 0.1) is 11.3 Å². The molecule has 4 nitrogen and oxygen atoms in total. The molecular formula is C23H22Cl3N3O. The van der Waals surface area contributed by atoms with Crippen LogP contribution >= 0.6 is 34.8 Å². The van der Waals surface area contributed by atoms with Gasteiger partial charge < -0.3 is 10.2 Å². The van der Waals surface area contributed by atoms with E-state index in [2.05, 4.69) is 38.0 Å². The van der Waals surface area contributed by atoms with Gasteiger partial charge in [-0.15, -0.1) is 0 Å². The van der Waals surface area contributed by atoms with Gasteiger partial charge in [-0.2, -0.15) is 5.26 Å². The van der Waals surface area contributed by atoms with Gasteiger partial charge in [0.2, 0.25) is 0 Å². The number of hydrogen-bond donors (Lipinski definition) is 1. The first kappa shape index (κ1) is 22.5. The Bertz CT molecular complexity index is 1090. The highest BCUT2D eigenvalue weighted by molar-refractivity contribution is 6.37. The topological polar surface area (TPSA) is 56.1 Å². The fourth-order valence-corrected chi connectivity index (χ4v) is 4.47. The maximum absolute atomic E-state index is 12.6. The monoisotopic (exact) mass is 461 g/mol. The summed E-state index contributed by atoms with van der Waals surface area (Å²) in [5.74, 6) is -0.246. The van der Waals surface area contributed by atoms with Gasteiger partial charge in [0.05, 0.1) is 10.7 Å². The van der Waals surface area contributed by atoms with E-state index in [0.717, 1.165) is 17.7 Å². The third-order valence-corrected chi connectivity index (χ3v) is 6.47. The number of benzene rings is 2. The number of nitrogens with one attached hydrogen (secondary N) is 1. The number of hydrogen-bond acceptors (Lipinski definition) is 3. The van der Waals surface area contributed by atoms with Crippen molar-refractivity contribution in [3.8, 4) is 6.07 Å². The lowest BCUT2D eigenvalue weighted by atomic mass is 9.80. The second-order valence-electron chi connectivity index (χ2n) is 8.16. The van der Waals surface area contributed by atoms with Crippen molar-refractivity contribution in [2.75, 3.05) is 17.3 Å². The lowest BCUT2D eigenvalue weighted by Crippen LogP contribution is -2.45. The van der Waals surface area contributed by atoms with Crippen molar-refractivity contribution in [2.24, 2.45) is 0 Å². The molecule has 7 heteroatoms. The number of rotatable bonds is 3. The Labute approximate surface area is 192 Å². The van der Waals surface area contributed by atoms with E-state index in [-0.39, 0.29) is 11.1 Å². The molecule has 0 aliphatic carbocycles. The van der Waals surface area contributed by atoms with Crippen LogP contribution in [-0.4, -0.2) is 18.5 Å². The third kappa shape index (κ3) is 4.44. The molecule has 1 amide bonds. The minimum Gasteiger partial charge on any atom is -0.369 e. The molecule has 0 saturated carbocycles. The molecule has 0 radical (unpaired) electrons. The summed E-state index contributed by atoms with van der Waals surface area (Å²) in [6, 6.07) is 10.5. The van der Waals surface area contributed by atoms with Crippen LogP contribution in [0.2, 0.25) is 15.1 Å². The summed E-state index contributed by atoms with van der Waals surface area (Å²) in [7, 11) is 2.06. The van der Waals surface area contributed by atoms with E-state index in [1.165, 1.54) is 12.1 Å². The zero-order valence-corrected chi connectivity index (χ0v) is 19.5. The summed E-state index contributed by atoms with van der Waals surface area (Å²) in [4.78, 5) is 14.9. The first-order valence-corrected chi connectivity index (χ1v) is 10.6. The third-order valence-electron chi connectivity index (χ3n) is 5.60. The molecule has 1 aliphatic rings. The van der Waals surface area contributed by atoms with Crippen molar-refractivity contribution < 1.29 is 4.79 Å². The van der Waals surface area contributed by atoms with Crippen molar-refractivity contribution in [2.45, 2.75) is 38.6 Å². The van der Waals surface area contributed by atoms with Gasteiger partial charge in [-0.05, 0) is 73.7 Å². The van der Waals surface area contributed by atoms with Gasteiger partial charge in [-0.3, -0.25) is 4.79 Å². The van der Waals surface area contributed by atoms with Crippen molar-refractivity contribution >= 4 is 58.2 Å². The molecule has 30 heavy (non-hydrogen) atoms. The number of halogens is 3. The lowest BCUT2D eigenvalue weighted by molar-refractivity contribution is -0.112. The SMILES string of the molecule is CC1CC(C)(C)N(C)c2cc(Cl)c(/C=C(\C#N)C(=O)Nc3ccc(Cl)cc3Cl)cc21. The predicted molar refractivity (Wildman–Crippen MR) is 126 cm³/mol. The Morgan fingerprint density at radius 3 is 2.57 bits per heavy atom. The van der Waals surface area contributed by atoms with Crippen molar-refractivity contribution in [3.05, 3.63) is 62.1 Å². The smallest absolute Gasteiger partial charge is 0.266 e. The number of carbonyl (C=O) groups is 1. The molecule has 156 valence electrons. The predicted octanol–water partition coefficient (Wildman–Crippen LogP) is 6.91. The molecule has 1 aliphatic heterocycles. The Hall–Kier alpha value is -2.19. The zero-order valence-electron chi connectivity index (χ0n) is 17.2. The Morgan fingerprint density at radius 2 is 1.93 bits per heavy atom. The minimum atomic E-state index is -0.568. The van der Waals surface area contributed by atoms with Crippen LogP contribution in [0.5, 0.6) is 0 Å². The first-order chi connectivity index (χ1) is 14.0. The largest absolute Gasteiger partial charge is 0.369 e. The molecule has 2 aromatic carbocycles. The summed E-state index contributed by atoms with van der Waals surface area (Å²) >= 11 is 18.5. The van der Waals surface area contributed by atoms with Crippen molar-refractivity contribution in [1.29, 1.82) is 5.26 Å². The van der Waals surface area contributed by atoms with Crippen molar-refractivity contribution in [1.82, 2.24) is 0 Å². The molecular weight excluding hydrogens is 441 g/mol. The number of fused-ring (bicyclic) bond motifs is 1. The molecule has 0 bridgehead atoms. The molecule has 0 spiro atoms. The standard InChI is InChI=1S/C23H22Cl3N3O/c1-13-11-23(2,3)29(4)21-10-18(25)14(8-17(13)21)7-15(12-27)22(30)28-20-6-5-16(24)9-19(20)26/h5-10,13H,11H2,1-4H3,(H,28,30)/b15-7+. The number of nitrogens with zero attached hydrogens (tertiary/aromatic N) is 2. The van der Waals surface area contributed by atoms with E-state index in [1.54, 1.807) is 12.1 Å². The lowest BCUT2D eigenvalue weighted by Gasteiger charge is -2.45. The molecule has 1 unspecified atom stereocenters. The molecule has 1 atom stereocenters. The van der Waals surface area contributed by atoms with E-state index in [9.17, 15) is 10.1 Å². The number of carbonyl (C=O) groups excluding carboxylic acids is 1. The van der Waals surface area contributed by atoms with Crippen LogP contribution in [0.15, 0.2) is 35.9 Å². The van der Waals surface area contributed by atoms with Crippen molar-refractivity contribution in [3.63, 3.8) is 0 Å². The summed E-state index contributed by atoms with van der Waals surface area (Å²) in [5, 5.41) is 13.4. The van der Waals surface area contributed by atoms with Gasteiger partial charge in [0, 0.05) is 28.3 Å². The minimum absolute atomic E-state index is 0.0165. The van der Waals surface area contributed by atoms with Gasteiger partial charge >= 0.3 is 0 Å². The van der Waals surface area contributed by atoms with Crippen LogP contribution in [0.1, 0.15) is 44.2 Å². The molecule has 0 aromatic heterocycles. The van der Waals surface area contributed by atoms with E-state index in [0.29, 0.717) is 32.2 Å². The normalized spacial score (nSPS) is 17.9. The van der Waals surface area contributed by atoms with Gasteiger partial charge in [-0.25, -0.2) is 0 Å². The average molecular weight is 463 g/mol. The zero-order chi connectivity index (χ0) is 22.2. The molecule has 3 rings (SSSR count). The van der Waals surface area contributed by atoms with E-state index < -0.39 is 5.91 Å². The van der Waals surface area contributed by atoms with Crippen LogP contribution in [0.3, 0.4) is 0 Å². The first-order valence-electron chi connectivity index (χ1n) is 9.49. The second kappa shape index (κ2) is 8.51. The molecule has 0 fully saturated rings. The summed E-state index contributed by atoms with van der Waals surface area (Å²) in [5.41, 5.74) is 3.16. The fourth-order valence-electron chi connectivity index (χ4n) is 3.80. The Morgan fingerprint density at radius 1 is 1.23 bits per heavy atom. The average Bonchev–Trinajstić information content (AvgIpc) is 2.66. The Balaban J connectivity index is 1.96. The van der Waals surface area contributed by atoms with E-state index in [4.69, 9.17) is 34.8 Å². The quantitative estimate of drug-likeness (QED) is 0.398. The number of amides is 1. The summed E-state index contributed by atoms with van der Waals surface area (Å²) in [6.45, 7) is 6.58. The van der Waals surface area contributed by atoms with Gasteiger partial charge in [0.1, 0.15) is 11.6 Å². The molecule has 1 N–H and O–H groups in total. The maximum atomic E-state index is 12.6. The molecule has 0 saturated heterocycles. The number of nitriles is 1. The maximum Gasteiger partial charge on any atom is 0.266 e. The molecule has 1 heterocycles. The van der Waals surface area contributed by atoms with E-state index in [1.807, 2.05) is 18.2 Å². The van der Waals surface area contributed by atoms with Gasteiger partial charge in [0.15, 0.2) is 0 Å². The number of anilines is 2. The van der Waals surface area contributed by atoms with Gasteiger partial charge in [-0.1, -0.05) is 41.7 Å². The van der Waals surface area contributed by atoms with Crippen LogP contribution in [0.4, 0.5) is 11.4 Å². The Kier molecular flexibility index (Phi) is 6.38. The highest BCUT2D eigenvalue weighted by Gasteiger charge is 2.34.